The molecule has 0 saturated carbocycles. The number of carbonyl (C=O) groups is 2. The molecule has 6 heteroatoms. The van der Waals surface area contributed by atoms with Gasteiger partial charge in [-0.2, -0.15) is 0 Å². The quantitative estimate of drug-likeness (QED) is 0.616. The van der Waals surface area contributed by atoms with Gasteiger partial charge in [0, 0.05) is 12.2 Å². The second-order valence-corrected chi connectivity index (χ2v) is 5.39. The van der Waals surface area contributed by atoms with Gasteiger partial charge in [0.05, 0.1) is 0 Å². The first-order valence-electron chi connectivity index (χ1n) is 6.23. The molecule has 0 rings (SSSR count). The van der Waals surface area contributed by atoms with Crippen LogP contribution >= 0.6 is 0 Å². The first-order valence-corrected chi connectivity index (χ1v) is 6.23. The van der Waals surface area contributed by atoms with Crippen LogP contribution in [0.4, 0.5) is 4.79 Å². The van der Waals surface area contributed by atoms with Crippen LogP contribution in [-0.4, -0.2) is 35.4 Å². The molecule has 0 aliphatic carbocycles. The van der Waals surface area contributed by atoms with Gasteiger partial charge in [-0.3, -0.25) is 0 Å². The fraction of sp³-hybridized carbons (Fsp3) is 0.692. The molecule has 6 nitrogen and oxygen atoms in total. The number of carbonyl (C=O) groups excluding carboxylic acids is 1. The predicted octanol–water partition coefficient (Wildman–Crippen LogP) is 1.87. The molecule has 1 atom stereocenters. The average molecular weight is 272 g/mol. The molecule has 0 radical (unpaired) electrons. The van der Waals surface area contributed by atoms with Crippen molar-refractivity contribution in [3.63, 3.8) is 0 Å². The van der Waals surface area contributed by atoms with E-state index in [9.17, 15) is 9.59 Å². The van der Waals surface area contributed by atoms with Gasteiger partial charge in [0.25, 0.3) is 0 Å². The van der Waals surface area contributed by atoms with Crippen LogP contribution in [0.25, 0.3) is 0 Å². The van der Waals surface area contributed by atoms with Crippen LogP contribution < -0.4 is 10.6 Å². The molecule has 0 unspecified atom stereocenters. The van der Waals surface area contributed by atoms with Crippen molar-refractivity contribution < 1.29 is 19.4 Å². The summed E-state index contributed by atoms with van der Waals surface area (Å²) >= 11 is 0. The van der Waals surface area contributed by atoms with Crippen molar-refractivity contribution in [1.29, 1.82) is 0 Å². The van der Waals surface area contributed by atoms with Crippen LogP contribution in [0.1, 0.15) is 40.5 Å². The molecule has 0 aromatic carbocycles. The summed E-state index contributed by atoms with van der Waals surface area (Å²) in [4.78, 5) is 22.5. The second-order valence-electron chi connectivity index (χ2n) is 5.39. The number of carboxylic acid groups (broad SMARTS) is 1. The van der Waals surface area contributed by atoms with E-state index >= 15 is 0 Å². The van der Waals surface area contributed by atoms with Crippen molar-refractivity contribution in [3.8, 4) is 0 Å². The van der Waals surface area contributed by atoms with Crippen LogP contribution in [0.3, 0.4) is 0 Å². The fourth-order valence-electron chi connectivity index (χ4n) is 1.32. The van der Waals surface area contributed by atoms with Crippen LogP contribution in [0.15, 0.2) is 12.3 Å². The molecule has 0 aromatic rings. The number of ether oxygens (including phenoxy) is 1. The number of rotatable bonds is 7. The van der Waals surface area contributed by atoms with Crippen LogP contribution in [0, 0.1) is 0 Å². The minimum Gasteiger partial charge on any atom is -0.480 e. The third-order valence-corrected chi connectivity index (χ3v) is 2.09. The Bertz CT molecular complexity index is 334. The molecule has 3 N–H and O–H groups in total. The second kappa shape index (κ2) is 7.66. The van der Waals surface area contributed by atoms with E-state index in [2.05, 4.69) is 17.2 Å². The lowest BCUT2D eigenvalue weighted by atomic mass is 10.1. The SMILES string of the molecule is C=C(C)NCCC[C@H](NC(=O)OC(C)(C)C)C(=O)O. The highest BCUT2D eigenvalue weighted by Gasteiger charge is 2.23. The van der Waals surface area contributed by atoms with Crippen molar-refractivity contribution in [3.05, 3.63) is 12.3 Å². The smallest absolute Gasteiger partial charge is 0.408 e. The van der Waals surface area contributed by atoms with E-state index in [1.54, 1.807) is 20.8 Å². The molecule has 0 spiro atoms. The van der Waals surface area contributed by atoms with E-state index < -0.39 is 23.7 Å². The zero-order chi connectivity index (χ0) is 15.1. The van der Waals surface area contributed by atoms with Gasteiger partial charge in [-0.05, 0) is 40.5 Å². The normalized spacial score (nSPS) is 12.4. The lowest BCUT2D eigenvalue weighted by molar-refractivity contribution is -0.139. The first kappa shape index (κ1) is 17.3. The van der Waals surface area contributed by atoms with E-state index in [1.807, 2.05) is 6.92 Å². The summed E-state index contributed by atoms with van der Waals surface area (Å²) in [5.41, 5.74) is 0.182. The van der Waals surface area contributed by atoms with Crippen LogP contribution in [-0.2, 0) is 9.53 Å². The number of aliphatic carboxylic acids is 1. The first-order chi connectivity index (χ1) is 8.61. The lowest BCUT2D eigenvalue weighted by Crippen LogP contribution is -2.43. The van der Waals surface area contributed by atoms with E-state index in [0.29, 0.717) is 19.4 Å². The summed E-state index contributed by atoms with van der Waals surface area (Å²) in [6.45, 7) is 11.3. The number of hydrogen-bond acceptors (Lipinski definition) is 4. The Labute approximate surface area is 114 Å². The summed E-state index contributed by atoms with van der Waals surface area (Å²) in [5.74, 6) is -1.07. The Balaban J connectivity index is 4.16. The van der Waals surface area contributed by atoms with Gasteiger partial charge in [0.2, 0.25) is 0 Å². The largest absolute Gasteiger partial charge is 0.480 e. The molecule has 0 fully saturated rings. The standard InChI is InChI=1S/C13H24N2O4/c1-9(2)14-8-6-7-10(11(16)17)15-12(18)19-13(3,4)5/h10,14H,1,6-8H2,2-5H3,(H,15,18)(H,16,17)/t10-/m0/s1. The van der Waals surface area contributed by atoms with Crippen molar-refractivity contribution in [2.45, 2.75) is 52.2 Å². The van der Waals surface area contributed by atoms with E-state index in [4.69, 9.17) is 9.84 Å². The van der Waals surface area contributed by atoms with Gasteiger partial charge in [0.1, 0.15) is 11.6 Å². The highest BCUT2D eigenvalue weighted by molar-refractivity contribution is 5.79. The fourth-order valence-corrected chi connectivity index (χ4v) is 1.32. The molecule has 0 heterocycles. The highest BCUT2D eigenvalue weighted by atomic mass is 16.6. The van der Waals surface area contributed by atoms with E-state index in [-0.39, 0.29) is 0 Å². The molecule has 0 aliphatic heterocycles. The third-order valence-electron chi connectivity index (χ3n) is 2.09. The van der Waals surface area contributed by atoms with Gasteiger partial charge in [-0.25, -0.2) is 9.59 Å². The molecule has 0 aromatic heterocycles. The Morgan fingerprint density at radius 3 is 2.37 bits per heavy atom. The third kappa shape index (κ3) is 9.93. The molecule has 0 saturated heterocycles. The molecule has 110 valence electrons. The lowest BCUT2D eigenvalue weighted by Gasteiger charge is -2.22. The Morgan fingerprint density at radius 1 is 1.37 bits per heavy atom. The monoisotopic (exact) mass is 272 g/mol. The van der Waals surface area contributed by atoms with Crippen LogP contribution in [0.2, 0.25) is 0 Å². The van der Waals surface area contributed by atoms with Gasteiger partial charge < -0.3 is 20.5 Å². The van der Waals surface area contributed by atoms with Gasteiger partial charge in [0.15, 0.2) is 0 Å². The number of alkyl carbamates (subject to hydrolysis) is 1. The van der Waals surface area contributed by atoms with E-state index in [1.165, 1.54) is 0 Å². The van der Waals surface area contributed by atoms with Crippen molar-refractivity contribution in [2.24, 2.45) is 0 Å². The average Bonchev–Trinajstić information content (AvgIpc) is 2.19. The molecular formula is C13H24N2O4. The predicted molar refractivity (Wildman–Crippen MR) is 72.8 cm³/mol. The summed E-state index contributed by atoms with van der Waals surface area (Å²) < 4.78 is 5.02. The highest BCUT2D eigenvalue weighted by Crippen LogP contribution is 2.07. The maximum absolute atomic E-state index is 11.5. The summed E-state index contributed by atoms with van der Waals surface area (Å²) in [7, 11) is 0. The number of hydrogen-bond donors (Lipinski definition) is 3. The number of allylic oxidation sites excluding steroid dienone is 1. The minimum atomic E-state index is -1.07. The van der Waals surface area contributed by atoms with Gasteiger partial charge in [-0.1, -0.05) is 6.58 Å². The zero-order valence-electron chi connectivity index (χ0n) is 12.1. The van der Waals surface area contributed by atoms with Crippen molar-refractivity contribution >= 4 is 12.1 Å². The zero-order valence-corrected chi connectivity index (χ0v) is 12.1. The van der Waals surface area contributed by atoms with Gasteiger partial charge >= 0.3 is 12.1 Å². The van der Waals surface area contributed by atoms with Gasteiger partial charge in [-0.15, -0.1) is 0 Å². The van der Waals surface area contributed by atoms with Crippen molar-refractivity contribution in [2.75, 3.05) is 6.54 Å². The Kier molecular flexibility index (Phi) is 6.96. The Morgan fingerprint density at radius 2 is 1.95 bits per heavy atom. The number of carboxylic acids is 1. The minimum absolute atomic E-state index is 0.328. The molecule has 0 bridgehead atoms. The summed E-state index contributed by atoms with van der Waals surface area (Å²) in [6, 6.07) is -0.943. The van der Waals surface area contributed by atoms with E-state index in [0.717, 1.165) is 5.70 Å². The number of amides is 1. The summed E-state index contributed by atoms with van der Waals surface area (Å²) in [6.07, 6.45) is 0.224. The number of nitrogens with one attached hydrogen (secondary N) is 2. The Hall–Kier alpha value is -1.72. The maximum Gasteiger partial charge on any atom is 0.408 e. The van der Waals surface area contributed by atoms with Crippen LogP contribution in [0.5, 0.6) is 0 Å². The molecular weight excluding hydrogens is 248 g/mol. The maximum atomic E-state index is 11.5. The van der Waals surface area contributed by atoms with Crippen molar-refractivity contribution in [1.82, 2.24) is 10.6 Å². The molecule has 19 heavy (non-hydrogen) atoms. The molecule has 1 amide bonds. The summed E-state index contributed by atoms with van der Waals surface area (Å²) in [5, 5.41) is 14.4. The topological polar surface area (TPSA) is 87.7 Å². The molecule has 0 aliphatic rings.